The van der Waals surface area contributed by atoms with Gasteiger partial charge in [-0.15, -0.1) is 5.10 Å². The van der Waals surface area contributed by atoms with Crippen LogP contribution in [0.1, 0.15) is 24.9 Å². The number of halogens is 3. The molecule has 1 atom stereocenters. The molecule has 126 valence electrons. The van der Waals surface area contributed by atoms with E-state index in [1.54, 1.807) is 13.0 Å². The van der Waals surface area contributed by atoms with Gasteiger partial charge in [0.2, 0.25) is 5.88 Å². The largest absolute Gasteiger partial charge is 0.478 e. The highest BCUT2D eigenvalue weighted by atomic mass is 19.4. The maximum absolute atomic E-state index is 12.8. The Hall–Kier alpha value is -1.94. The van der Waals surface area contributed by atoms with Crippen molar-refractivity contribution in [2.45, 2.75) is 32.2 Å². The van der Waals surface area contributed by atoms with E-state index in [2.05, 4.69) is 15.1 Å². The van der Waals surface area contributed by atoms with E-state index in [9.17, 15) is 18.3 Å². The number of aliphatic hydroxyl groups is 1. The first-order valence-electron chi connectivity index (χ1n) is 7.24. The Labute approximate surface area is 129 Å². The standard InChI is InChI=1S/C13H16F3N5O2/c1-2-23-10-5-8(6-20-4-3-9(22)7-20)17-12-18-11(13(14,15)16)19-21(10)12/h5,9,22H,2-4,6-7H2,1H3/t9-/m0/s1. The van der Waals surface area contributed by atoms with Gasteiger partial charge in [-0.25, -0.2) is 4.98 Å². The van der Waals surface area contributed by atoms with Crippen molar-refractivity contribution < 1.29 is 23.0 Å². The van der Waals surface area contributed by atoms with Crippen LogP contribution in [0, 0.1) is 0 Å². The Balaban J connectivity index is 1.96. The smallest absolute Gasteiger partial charge is 0.453 e. The van der Waals surface area contributed by atoms with Crippen LogP contribution < -0.4 is 4.74 Å². The lowest BCUT2D eigenvalue weighted by atomic mass is 10.3. The lowest BCUT2D eigenvalue weighted by molar-refractivity contribution is -0.144. The fourth-order valence-electron chi connectivity index (χ4n) is 2.53. The van der Waals surface area contributed by atoms with Crippen molar-refractivity contribution in [2.24, 2.45) is 0 Å². The van der Waals surface area contributed by atoms with Gasteiger partial charge in [-0.1, -0.05) is 0 Å². The predicted molar refractivity (Wildman–Crippen MR) is 72.9 cm³/mol. The zero-order valence-corrected chi connectivity index (χ0v) is 12.4. The Morgan fingerprint density at radius 2 is 2.17 bits per heavy atom. The minimum absolute atomic E-state index is 0.155. The highest BCUT2D eigenvalue weighted by Crippen LogP contribution is 2.27. The number of alkyl halides is 3. The Kier molecular flexibility index (Phi) is 4.11. The molecule has 2 aromatic heterocycles. The number of nitrogens with zero attached hydrogens (tertiary/aromatic N) is 5. The highest BCUT2D eigenvalue weighted by Gasteiger charge is 2.37. The second-order valence-corrected chi connectivity index (χ2v) is 5.34. The second kappa shape index (κ2) is 5.93. The van der Waals surface area contributed by atoms with Crippen molar-refractivity contribution in [3.63, 3.8) is 0 Å². The van der Waals surface area contributed by atoms with Gasteiger partial charge in [0.05, 0.1) is 18.4 Å². The van der Waals surface area contributed by atoms with Gasteiger partial charge < -0.3 is 9.84 Å². The van der Waals surface area contributed by atoms with E-state index >= 15 is 0 Å². The van der Waals surface area contributed by atoms with Crippen molar-refractivity contribution in [3.05, 3.63) is 17.6 Å². The van der Waals surface area contributed by atoms with E-state index < -0.39 is 12.0 Å². The molecule has 0 amide bonds. The number of β-amino-alcohol motifs (C(OH)–C–C–N with tert-alkyl or cyclic N) is 1. The first-order chi connectivity index (χ1) is 10.9. The molecule has 10 heteroatoms. The third-order valence-electron chi connectivity index (χ3n) is 3.51. The van der Waals surface area contributed by atoms with Crippen LogP contribution in [-0.2, 0) is 12.7 Å². The predicted octanol–water partition coefficient (Wildman–Crippen LogP) is 1.11. The monoisotopic (exact) mass is 331 g/mol. The molecule has 1 aliphatic heterocycles. The molecule has 0 saturated carbocycles. The van der Waals surface area contributed by atoms with Crippen molar-refractivity contribution in [3.8, 4) is 5.88 Å². The van der Waals surface area contributed by atoms with Gasteiger partial charge in [-0.2, -0.15) is 22.7 Å². The summed E-state index contributed by atoms with van der Waals surface area (Å²) in [4.78, 5) is 9.54. The van der Waals surface area contributed by atoms with Crippen molar-refractivity contribution in [1.82, 2.24) is 24.5 Å². The summed E-state index contributed by atoms with van der Waals surface area (Å²) < 4.78 is 44.6. The van der Waals surface area contributed by atoms with Crippen LogP contribution in [0.4, 0.5) is 13.2 Å². The number of hydrogen-bond donors (Lipinski definition) is 1. The van der Waals surface area contributed by atoms with E-state index in [-0.39, 0.29) is 24.4 Å². The van der Waals surface area contributed by atoms with Gasteiger partial charge in [0, 0.05) is 25.7 Å². The van der Waals surface area contributed by atoms with Gasteiger partial charge in [-0.3, -0.25) is 4.90 Å². The lowest BCUT2D eigenvalue weighted by Gasteiger charge is -2.15. The molecule has 23 heavy (non-hydrogen) atoms. The zero-order chi connectivity index (χ0) is 16.6. The number of likely N-dealkylation sites (tertiary alicyclic amines) is 1. The summed E-state index contributed by atoms with van der Waals surface area (Å²) in [5.74, 6) is -1.24. The number of hydrogen-bond acceptors (Lipinski definition) is 6. The number of rotatable bonds is 4. The molecule has 1 fully saturated rings. The molecular formula is C13H16F3N5O2. The number of ether oxygens (including phenoxy) is 1. The van der Waals surface area contributed by atoms with Gasteiger partial charge in [0.15, 0.2) is 0 Å². The maximum atomic E-state index is 12.8. The summed E-state index contributed by atoms with van der Waals surface area (Å²) >= 11 is 0. The van der Waals surface area contributed by atoms with Crippen LogP contribution in [0.3, 0.4) is 0 Å². The van der Waals surface area contributed by atoms with Crippen molar-refractivity contribution in [1.29, 1.82) is 0 Å². The Morgan fingerprint density at radius 3 is 2.78 bits per heavy atom. The lowest BCUT2D eigenvalue weighted by Crippen LogP contribution is -2.22. The van der Waals surface area contributed by atoms with E-state index in [1.165, 1.54) is 0 Å². The maximum Gasteiger partial charge on any atom is 0.453 e. The Morgan fingerprint density at radius 1 is 1.39 bits per heavy atom. The molecule has 3 rings (SSSR count). The first-order valence-corrected chi connectivity index (χ1v) is 7.24. The molecule has 0 aliphatic carbocycles. The number of aromatic nitrogens is 4. The molecule has 1 saturated heterocycles. The molecule has 2 aromatic rings. The third-order valence-corrected chi connectivity index (χ3v) is 3.51. The third kappa shape index (κ3) is 3.37. The molecule has 1 aliphatic rings. The van der Waals surface area contributed by atoms with E-state index in [0.717, 1.165) is 4.52 Å². The zero-order valence-electron chi connectivity index (χ0n) is 12.4. The van der Waals surface area contributed by atoms with E-state index in [1.807, 2.05) is 4.90 Å². The quantitative estimate of drug-likeness (QED) is 0.904. The molecule has 0 unspecified atom stereocenters. The average Bonchev–Trinajstić information content (AvgIpc) is 3.05. The van der Waals surface area contributed by atoms with Crippen LogP contribution in [0.5, 0.6) is 5.88 Å². The fraction of sp³-hybridized carbons (Fsp3) is 0.615. The van der Waals surface area contributed by atoms with Gasteiger partial charge >= 0.3 is 6.18 Å². The van der Waals surface area contributed by atoms with Gasteiger partial charge in [0.25, 0.3) is 11.6 Å². The molecule has 0 aromatic carbocycles. The number of fused-ring (bicyclic) bond motifs is 1. The molecule has 3 heterocycles. The van der Waals surface area contributed by atoms with E-state index in [0.29, 0.717) is 31.7 Å². The topological polar surface area (TPSA) is 75.8 Å². The minimum atomic E-state index is -4.64. The van der Waals surface area contributed by atoms with E-state index in [4.69, 9.17) is 4.74 Å². The van der Waals surface area contributed by atoms with Crippen molar-refractivity contribution in [2.75, 3.05) is 19.7 Å². The summed E-state index contributed by atoms with van der Waals surface area (Å²) in [5.41, 5.74) is 0.524. The summed E-state index contributed by atoms with van der Waals surface area (Å²) in [6, 6.07) is 1.55. The summed E-state index contributed by atoms with van der Waals surface area (Å²) in [6.07, 6.45) is -4.35. The summed E-state index contributed by atoms with van der Waals surface area (Å²) in [6.45, 7) is 3.63. The Bertz CT molecular complexity index is 703. The molecule has 0 bridgehead atoms. The van der Waals surface area contributed by atoms with Gasteiger partial charge in [0.1, 0.15) is 0 Å². The second-order valence-electron chi connectivity index (χ2n) is 5.34. The van der Waals surface area contributed by atoms with Crippen molar-refractivity contribution >= 4 is 5.78 Å². The molecular weight excluding hydrogens is 315 g/mol. The SMILES string of the molecule is CCOc1cc(CN2CC[C@H](O)C2)nc2nc(C(F)(F)F)nn12. The molecule has 0 spiro atoms. The summed E-state index contributed by atoms with van der Waals surface area (Å²) in [7, 11) is 0. The average molecular weight is 331 g/mol. The van der Waals surface area contributed by atoms with Crippen LogP contribution in [0.25, 0.3) is 5.78 Å². The fourth-order valence-corrected chi connectivity index (χ4v) is 2.53. The summed E-state index contributed by atoms with van der Waals surface area (Å²) in [5, 5.41) is 13.0. The van der Waals surface area contributed by atoms with Crippen LogP contribution in [0.15, 0.2) is 6.07 Å². The number of aliphatic hydroxyl groups excluding tert-OH is 1. The molecule has 0 radical (unpaired) electrons. The first kappa shape index (κ1) is 15.9. The van der Waals surface area contributed by atoms with Gasteiger partial charge in [-0.05, 0) is 13.3 Å². The van der Waals surface area contributed by atoms with Crippen LogP contribution in [-0.4, -0.2) is 55.4 Å². The normalized spacial score (nSPS) is 19.6. The highest BCUT2D eigenvalue weighted by molar-refractivity contribution is 5.35. The minimum Gasteiger partial charge on any atom is -0.478 e. The molecule has 7 nitrogen and oxygen atoms in total. The van der Waals surface area contributed by atoms with Crippen LogP contribution >= 0.6 is 0 Å². The van der Waals surface area contributed by atoms with Crippen LogP contribution in [0.2, 0.25) is 0 Å². The molecule has 1 N–H and O–H groups in total.